The lowest BCUT2D eigenvalue weighted by atomic mass is 10.0. The summed E-state index contributed by atoms with van der Waals surface area (Å²) in [6, 6.07) is -0.808. The molecule has 0 saturated heterocycles. The van der Waals surface area contributed by atoms with Crippen LogP contribution in [0.4, 0.5) is 0 Å². The smallest absolute Gasteiger partial charge is 0.249 e. The summed E-state index contributed by atoms with van der Waals surface area (Å²) in [5, 5.41) is 32.8. The zero-order chi connectivity index (χ0) is 30.2. The molecule has 0 spiro atoms. The Balaban J connectivity index is 3.78. The van der Waals surface area contributed by atoms with Gasteiger partial charge in [-0.25, -0.2) is 0 Å². The second-order valence-corrected chi connectivity index (χ2v) is 12.1. The zero-order valence-electron chi connectivity index (χ0n) is 27.2. The number of hydrogen-bond donors (Lipinski definition) is 4. The van der Waals surface area contributed by atoms with Crippen molar-refractivity contribution < 1.29 is 20.1 Å². The van der Waals surface area contributed by atoms with Crippen molar-refractivity contribution >= 4 is 5.91 Å². The van der Waals surface area contributed by atoms with Gasteiger partial charge in [0.1, 0.15) is 6.10 Å². The average Bonchev–Trinajstić information content (AvgIpc) is 2.98. The molecule has 0 aromatic carbocycles. The van der Waals surface area contributed by atoms with Crippen molar-refractivity contribution in [3.63, 3.8) is 0 Å². The summed E-state index contributed by atoms with van der Waals surface area (Å²) in [4.78, 5) is 12.3. The molecule has 5 heteroatoms. The molecule has 4 N–H and O–H groups in total. The summed E-state index contributed by atoms with van der Waals surface area (Å²) >= 11 is 0. The van der Waals surface area contributed by atoms with Crippen LogP contribution in [0.25, 0.3) is 0 Å². The molecule has 3 unspecified atom stereocenters. The molecule has 0 aliphatic rings. The third kappa shape index (κ3) is 27.4. The molecule has 0 heterocycles. The molecule has 41 heavy (non-hydrogen) atoms. The lowest BCUT2D eigenvalue weighted by Crippen LogP contribution is -2.48. The largest absolute Gasteiger partial charge is 0.394 e. The first-order valence-corrected chi connectivity index (χ1v) is 17.7. The van der Waals surface area contributed by atoms with E-state index in [9.17, 15) is 20.1 Å². The highest BCUT2D eigenvalue weighted by atomic mass is 16.3. The van der Waals surface area contributed by atoms with Crippen molar-refractivity contribution in [2.75, 3.05) is 6.61 Å². The highest BCUT2D eigenvalue weighted by Gasteiger charge is 2.22. The van der Waals surface area contributed by atoms with Crippen LogP contribution in [0.15, 0.2) is 24.3 Å². The number of carbonyl (C=O) groups is 1. The molecule has 0 aromatic heterocycles. The maximum Gasteiger partial charge on any atom is 0.249 e. The Morgan fingerprint density at radius 1 is 0.585 bits per heavy atom. The molecule has 1 amide bonds. The van der Waals surface area contributed by atoms with Crippen LogP contribution >= 0.6 is 0 Å². The predicted molar refractivity (Wildman–Crippen MR) is 176 cm³/mol. The molecular weight excluding hydrogens is 510 g/mol. The third-order valence-electron chi connectivity index (χ3n) is 8.04. The fraction of sp³-hybridized carbons (Fsp3) is 0.861. The molecular formula is C36H69NO4. The van der Waals surface area contributed by atoms with Crippen molar-refractivity contribution in [2.24, 2.45) is 0 Å². The van der Waals surface area contributed by atoms with Gasteiger partial charge in [0.2, 0.25) is 5.91 Å². The first kappa shape index (κ1) is 39.8. The highest BCUT2D eigenvalue weighted by molar-refractivity contribution is 5.80. The Hall–Kier alpha value is -1.17. The van der Waals surface area contributed by atoms with E-state index in [-0.39, 0.29) is 6.61 Å². The number of allylic oxidation sites excluding steroid dienone is 3. The van der Waals surface area contributed by atoms with Gasteiger partial charge in [-0.05, 0) is 32.1 Å². The predicted octanol–water partition coefficient (Wildman–Crippen LogP) is 9.09. The van der Waals surface area contributed by atoms with E-state index in [1.165, 1.54) is 116 Å². The van der Waals surface area contributed by atoms with Crippen molar-refractivity contribution in [1.82, 2.24) is 5.32 Å². The number of aliphatic hydroxyl groups excluding tert-OH is 3. The van der Waals surface area contributed by atoms with Gasteiger partial charge in [-0.1, -0.05) is 167 Å². The standard InChI is InChI=1S/C36H69NO4/c1-3-5-7-9-11-13-14-15-16-17-18-19-20-21-23-24-26-28-30-34(39)33(32-38)37-36(41)35(40)31-29-27-25-22-12-10-8-6-4-2/h21,23,28,30,33-35,38-40H,3-20,22,24-27,29,31-32H2,1-2H3,(H,37,41)/b23-21+,30-28+. The van der Waals surface area contributed by atoms with Crippen molar-refractivity contribution in [3.8, 4) is 0 Å². The van der Waals surface area contributed by atoms with Gasteiger partial charge in [0.05, 0.1) is 18.8 Å². The highest BCUT2D eigenvalue weighted by Crippen LogP contribution is 2.14. The summed E-state index contributed by atoms with van der Waals surface area (Å²) < 4.78 is 0. The maximum atomic E-state index is 12.3. The molecule has 0 aliphatic carbocycles. The first-order chi connectivity index (χ1) is 20.1. The van der Waals surface area contributed by atoms with Crippen LogP contribution in [-0.2, 0) is 4.79 Å². The van der Waals surface area contributed by atoms with Crippen molar-refractivity contribution in [3.05, 3.63) is 24.3 Å². The van der Waals surface area contributed by atoms with Gasteiger partial charge >= 0.3 is 0 Å². The summed E-state index contributed by atoms with van der Waals surface area (Å²) in [5.41, 5.74) is 0. The number of aliphatic hydroxyl groups is 3. The van der Waals surface area contributed by atoms with Gasteiger partial charge in [-0.15, -0.1) is 0 Å². The van der Waals surface area contributed by atoms with Crippen LogP contribution < -0.4 is 5.32 Å². The monoisotopic (exact) mass is 580 g/mol. The second-order valence-electron chi connectivity index (χ2n) is 12.1. The Bertz CT molecular complexity index is 606. The molecule has 0 radical (unpaired) electrons. The van der Waals surface area contributed by atoms with Gasteiger partial charge in [0.15, 0.2) is 0 Å². The lowest BCUT2D eigenvalue weighted by molar-refractivity contribution is -0.131. The molecule has 0 bridgehead atoms. The minimum absolute atomic E-state index is 0.374. The lowest BCUT2D eigenvalue weighted by Gasteiger charge is -2.21. The van der Waals surface area contributed by atoms with Crippen LogP contribution in [0, 0.1) is 0 Å². The Labute approximate surface area is 254 Å². The number of amides is 1. The van der Waals surface area contributed by atoms with E-state index in [0.717, 1.165) is 38.5 Å². The number of hydrogen-bond acceptors (Lipinski definition) is 4. The Kier molecular flexibility index (Phi) is 30.9. The molecule has 242 valence electrons. The molecule has 0 aliphatic heterocycles. The SMILES string of the molecule is CCCCCCCCCCCCCC/C=C/CC/C=C/C(O)C(CO)NC(=O)C(O)CCCCCCCCCCC. The van der Waals surface area contributed by atoms with Gasteiger partial charge in [-0.2, -0.15) is 0 Å². The van der Waals surface area contributed by atoms with Gasteiger partial charge in [-0.3, -0.25) is 4.79 Å². The van der Waals surface area contributed by atoms with E-state index < -0.39 is 24.2 Å². The summed E-state index contributed by atoms with van der Waals surface area (Å²) in [5.74, 6) is -0.517. The third-order valence-corrected chi connectivity index (χ3v) is 8.04. The quantitative estimate of drug-likeness (QED) is 0.0487. The van der Waals surface area contributed by atoms with E-state index in [0.29, 0.717) is 6.42 Å². The van der Waals surface area contributed by atoms with Crippen LogP contribution in [0.2, 0.25) is 0 Å². The zero-order valence-corrected chi connectivity index (χ0v) is 27.2. The first-order valence-electron chi connectivity index (χ1n) is 17.7. The Morgan fingerprint density at radius 2 is 1.00 bits per heavy atom. The number of carbonyl (C=O) groups excluding carboxylic acids is 1. The van der Waals surface area contributed by atoms with Crippen LogP contribution in [-0.4, -0.2) is 46.1 Å². The van der Waals surface area contributed by atoms with E-state index in [4.69, 9.17) is 0 Å². The van der Waals surface area contributed by atoms with E-state index >= 15 is 0 Å². The van der Waals surface area contributed by atoms with Crippen molar-refractivity contribution in [2.45, 2.75) is 193 Å². The molecule has 3 atom stereocenters. The van der Waals surface area contributed by atoms with Crippen LogP contribution in [0.3, 0.4) is 0 Å². The van der Waals surface area contributed by atoms with Gasteiger partial charge in [0.25, 0.3) is 0 Å². The summed E-state index contributed by atoms with van der Waals surface area (Å²) in [6.07, 6.45) is 36.3. The molecule has 0 rings (SSSR count). The van der Waals surface area contributed by atoms with E-state index in [2.05, 4.69) is 31.3 Å². The molecule has 0 fully saturated rings. The Morgan fingerprint density at radius 3 is 1.49 bits per heavy atom. The summed E-state index contributed by atoms with van der Waals surface area (Å²) in [7, 11) is 0. The van der Waals surface area contributed by atoms with Gasteiger partial charge < -0.3 is 20.6 Å². The van der Waals surface area contributed by atoms with Crippen LogP contribution in [0.1, 0.15) is 174 Å². The number of nitrogens with one attached hydrogen (secondary N) is 1. The number of rotatable bonds is 31. The minimum Gasteiger partial charge on any atom is -0.394 e. The average molecular weight is 580 g/mol. The fourth-order valence-electron chi connectivity index (χ4n) is 5.20. The molecule has 0 saturated carbocycles. The molecule has 0 aromatic rings. The normalized spacial score (nSPS) is 14.2. The fourth-order valence-corrected chi connectivity index (χ4v) is 5.20. The van der Waals surface area contributed by atoms with Crippen LogP contribution in [0.5, 0.6) is 0 Å². The van der Waals surface area contributed by atoms with Gasteiger partial charge in [0, 0.05) is 0 Å². The topological polar surface area (TPSA) is 89.8 Å². The maximum absolute atomic E-state index is 12.3. The summed E-state index contributed by atoms with van der Waals surface area (Å²) in [6.45, 7) is 4.12. The molecule has 5 nitrogen and oxygen atoms in total. The van der Waals surface area contributed by atoms with E-state index in [1.807, 2.05) is 6.08 Å². The minimum atomic E-state index is -1.10. The van der Waals surface area contributed by atoms with E-state index in [1.54, 1.807) is 6.08 Å². The second kappa shape index (κ2) is 31.8. The number of unbranched alkanes of at least 4 members (excludes halogenated alkanes) is 21. The van der Waals surface area contributed by atoms with Crippen molar-refractivity contribution in [1.29, 1.82) is 0 Å².